The Bertz CT molecular complexity index is 624. The predicted molar refractivity (Wildman–Crippen MR) is 78.9 cm³/mol. The molecule has 0 N–H and O–H groups in total. The van der Waals surface area contributed by atoms with Gasteiger partial charge in [-0.1, -0.05) is 18.2 Å². The molecular weight excluding hydrogens is 252 g/mol. The van der Waals surface area contributed by atoms with Crippen LogP contribution in [0.25, 0.3) is 6.08 Å². The average molecular weight is 270 g/mol. The van der Waals surface area contributed by atoms with Crippen LogP contribution >= 0.6 is 0 Å². The highest BCUT2D eigenvalue weighted by atomic mass is 16.5. The number of aromatic nitrogens is 2. The molecule has 0 fully saturated rings. The third-order valence-corrected chi connectivity index (χ3v) is 2.87. The van der Waals surface area contributed by atoms with Gasteiger partial charge in [0.05, 0.1) is 12.3 Å². The van der Waals surface area contributed by atoms with Crippen molar-refractivity contribution in [2.45, 2.75) is 13.8 Å². The number of nitrogens with zero attached hydrogens (tertiary/aromatic N) is 2. The van der Waals surface area contributed by atoms with Gasteiger partial charge in [-0.25, -0.2) is 0 Å². The molecule has 0 atom stereocenters. The second kappa shape index (κ2) is 6.19. The number of carbonyl (C=O) groups excluding carboxylic acids is 1. The van der Waals surface area contributed by atoms with Crippen LogP contribution in [-0.2, 0) is 7.05 Å². The van der Waals surface area contributed by atoms with Crippen molar-refractivity contribution in [2.75, 3.05) is 6.61 Å². The van der Waals surface area contributed by atoms with E-state index in [9.17, 15) is 4.79 Å². The molecule has 0 aliphatic carbocycles. The summed E-state index contributed by atoms with van der Waals surface area (Å²) < 4.78 is 6.97. The first-order valence-electron chi connectivity index (χ1n) is 6.56. The Kier molecular flexibility index (Phi) is 4.35. The van der Waals surface area contributed by atoms with Gasteiger partial charge in [-0.15, -0.1) is 0 Å². The molecule has 4 nitrogen and oxygen atoms in total. The van der Waals surface area contributed by atoms with Gasteiger partial charge in [-0.3, -0.25) is 9.48 Å². The van der Waals surface area contributed by atoms with Crippen molar-refractivity contribution in [1.29, 1.82) is 0 Å². The van der Waals surface area contributed by atoms with Crippen molar-refractivity contribution in [2.24, 2.45) is 7.05 Å². The van der Waals surface area contributed by atoms with Gasteiger partial charge in [0.1, 0.15) is 11.4 Å². The molecule has 0 amide bonds. The van der Waals surface area contributed by atoms with Crippen molar-refractivity contribution in [3.63, 3.8) is 0 Å². The van der Waals surface area contributed by atoms with Gasteiger partial charge in [0.2, 0.25) is 5.78 Å². The Balaban J connectivity index is 2.09. The Labute approximate surface area is 118 Å². The molecule has 4 heteroatoms. The number of hydrogen-bond acceptors (Lipinski definition) is 3. The van der Waals surface area contributed by atoms with Crippen molar-refractivity contribution in [1.82, 2.24) is 9.78 Å². The van der Waals surface area contributed by atoms with Crippen LogP contribution in [0.3, 0.4) is 0 Å². The summed E-state index contributed by atoms with van der Waals surface area (Å²) in [6.07, 6.45) is 3.35. The first-order chi connectivity index (χ1) is 9.60. The number of rotatable bonds is 5. The molecule has 0 saturated carbocycles. The van der Waals surface area contributed by atoms with E-state index in [4.69, 9.17) is 4.74 Å². The monoisotopic (exact) mass is 270 g/mol. The number of aryl methyl sites for hydroxylation is 2. The van der Waals surface area contributed by atoms with E-state index in [1.165, 1.54) is 0 Å². The van der Waals surface area contributed by atoms with Gasteiger partial charge in [0.25, 0.3) is 0 Å². The summed E-state index contributed by atoms with van der Waals surface area (Å²) in [5.41, 5.74) is 2.38. The topological polar surface area (TPSA) is 44.1 Å². The maximum absolute atomic E-state index is 12.0. The second-order valence-corrected chi connectivity index (χ2v) is 4.49. The third kappa shape index (κ3) is 3.35. The van der Waals surface area contributed by atoms with Crippen molar-refractivity contribution in [3.8, 4) is 5.75 Å². The SMILES string of the molecule is CCOc1ccc(/C=C/C(=O)c2cc(C)nn2C)cc1. The van der Waals surface area contributed by atoms with Crippen LogP contribution in [0.2, 0.25) is 0 Å². The molecule has 2 rings (SSSR count). The molecule has 0 radical (unpaired) electrons. The van der Waals surface area contributed by atoms with Crippen LogP contribution in [0, 0.1) is 6.92 Å². The fourth-order valence-corrected chi connectivity index (χ4v) is 1.94. The molecule has 0 spiro atoms. The van der Waals surface area contributed by atoms with E-state index in [1.807, 2.05) is 38.1 Å². The number of ketones is 1. The molecule has 0 unspecified atom stereocenters. The van der Waals surface area contributed by atoms with E-state index < -0.39 is 0 Å². The van der Waals surface area contributed by atoms with Crippen LogP contribution < -0.4 is 4.74 Å². The van der Waals surface area contributed by atoms with Gasteiger partial charge >= 0.3 is 0 Å². The molecule has 0 saturated heterocycles. The number of ether oxygens (including phenoxy) is 1. The maximum Gasteiger partial charge on any atom is 0.203 e. The molecule has 104 valence electrons. The van der Waals surface area contributed by atoms with Crippen LogP contribution in [0.5, 0.6) is 5.75 Å². The van der Waals surface area contributed by atoms with Gasteiger partial charge in [-0.05, 0) is 43.7 Å². The fourth-order valence-electron chi connectivity index (χ4n) is 1.94. The Morgan fingerprint density at radius 2 is 2.05 bits per heavy atom. The largest absolute Gasteiger partial charge is 0.494 e. The smallest absolute Gasteiger partial charge is 0.203 e. The summed E-state index contributed by atoms with van der Waals surface area (Å²) in [6.45, 7) is 4.46. The van der Waals surface area contributed by atoms with Crippen molar-refractivity contribution < 1.29 is 9.53 Å². The number of carbonyl (C=O) groups is 1. The molecule has 2 aromatic rings. The lowest BCUT2D eigenvalue weighted by molar-refractivity contribution is 0.103. The highest BCUT2D eigenvalue weighted by molar-refractivity contribution is 6.05. The van der Waals surface area contributed by atoms with E-state index in [0.717, 1.165) is 17.0 Å². The summed E-state index contributed by atoms with van der Waals surface area (Å²) in [5, 5.41) is 4.16. The highest BCUT2D eigenvalue weighted by Gasteiger charge is 2.08. The van der Waals surface area contributed by atoms with Crippen LogP contribution in [0.4, 0.5) is 0 Å². The summed E-state index contributed by atoms with van der Waals surface area (Å²) in [5.74, 6) is 0.778. The lowest BCUT2D eigenvalue weighted by Crippen LogP contribution is -2.03. The quantitative estimate of drug-likeness (QED) is 0.619. The summed E-state index contributed by atoms with van der Waals surface area (Å²) in [6, 6.07) is 9.40. The molecule has 0 aliphatic heterocycles. The first-order valence-corrected chi connectivity index (χ1v) is 6.56. The Hall–Kier alpha value is -2.36. The minimum atomic E-state index is -0.0537. The number of allylic oxidation sites excluding steroid dienone is 1. The van der Waals surface area contributed by atoms with Crippen molar-refractivity contribution in [3.05, 3.63) is 53.4 Å². The molecule has 1 aromatic carbocycles. The number of benzene rings is 1. The van der Waals surface area contributed by atoms with Gasteiger partial charge in [0.15, 0.2) is 0 Å². The normalized spacial score (nSPS) is 10.9. The fraction of sp³-hybridized carbons (Fsp3) is 0.250. The maximum atomic E-state index is 12.0. The van der Waals surface area contributed by atoms with E-state index >= 15 is 0 Å². The van der Waals surface area contributed by atoms with E-state index in [1.54, 1.807) is 29.9 Å². The zero-order valence-corrected chi connectivity index (χ0v) is 12.0. The molecule has 0 bridgehead atoms. The average Bonchev–Trinajstić information content (AvgIpc) is 2.77. The van der Waals surface area contributed by atoms with Gasteiger partial charge in [0, 0.05) is 7.05 Å². The van der Waals surface area contributed by atoms with Gasteiger partial charge < -0.3 is 4.74 Å². The molecule has 1 aromatic heterocycles. The Morgan fingerprint density at radius 3 is 2.60 bits per heavy atom. The molecular formula is C16H18N2O2. The Morgan fingerprint density at radius 1 is 1.35 bits per heavy atom. The highest BCUT2D eigenvalue weighted by Crippen LogP contribution is 2.13. The lowest BCUT2D eigenvalue weighted by atomic mass is 10.1. The van der Waals surface area contributed by atoms with E-state index in [-0.39, 0.29) is 5.78 Å². The summed E-state index contributed by atoms with van der Waals surface area (Å²) >= 11 is 0. The first kappa shape index (κ1) is 14.1. The number of hydrogen-bond donors (Lipinski definition) is 0. The standard InChI is InChI=1S/C16H18N2O2/c1-4-20-14-8-5-13(6-9-14)7-10-16(19)15-11-12(2)17-18(15)3/h5-11H,4H2,1-3H3/b10-7+. The third-order valence-electron chi connectivity index (χ3n) is 2.87. The second-order valence-electron chi connectivity index (χ2n) is 4.49. The zero-order chi connectivity index (χ0) is 14.5. The summed E-state index contributed by atoms with van der Waals surface area (Å²) in [4.78, 5) is 12.0. The minimum absolute atomic E-state index is 0.0537. The van der Waals surface area contributed by atoms with Crippen LogP contribution in [0.15, 0.2) is 36.4 Å². The minimum Gasteiger partial charge on any atom is -0.494 e. The van der Waals surface area contributed by atoms with Crippen LogP contribution in [-0.4, -0.2) is 22.2 Å². The summed E-state index contributed by atoms with van der Waals surface area (Å²) in [7, 11) is 1.77. The molecule has 1 heterocycles. The lowest BCUT2D eigenvalue weighted by Gasteiger charge is -2.02. The van der Waals surface area contributed by atoms with Crippen LogP contribution in [0.1, 0.15) is 28.7 Å². The van der Waals surface area contributed by atoms with E-state index in [0.29, 0.717) is 12.3 Å². The molecule has 20 heavy (non-hydrogen) atoms. The zero-order valence-electron chi connectivity index (χ0n) is 12.0. The van der Waals surface area contributed by atoms with Crippen molar-refractivity contribution >= 4 is 11.9 Å². The van der Waals surface area contributed by atoms with E-state index in [2.05, 4.69) is 5.10 Å². The predicted octanol–water partition coefficient (Wildman–Crippen LogP) is 3.02. The van der Waals surface area contributed by atoms with Gasteiger partial charge in [-0.2, -0.15) is 5.10 Å². The molecule has 0 aliphatic rings.